The Morgan fingerprint density at radius 1 is 1.11 bits per heavy atom. The van der Waals surface area contributed by atoms with Crippen LogP contribution in [0.4, 0.5) is 11.4 Å². The molecule has 2 aromatic carbocycles. The standard InChI is InChI=1S/C21H24N4O2/c1-27-19-8-6-18(7-9-19)24-12-14-25(15-13-24)21(26)10-11-23-20-5-3-2-4-17(20)16-22/h2-9,23H,10-15H2,1H3. The highest BCUT2D eigenvalue weighted by molar-refractivity contribution is 5.77. The third kappa shape index (κ3) is 4.70. The summed E-state index contributed by atoms with van der Waals surface area (Å²) in [6, 6.07) is 17.5. The van der Waals surface area contributed by atoms with Crippen LogP contribution in [0.5, 0.6) is 5.75 Å². The summed E-state index contributed by atoms with van der Waals surface area (Å²) in [4.78, 5) is 16.7. The fraction of sp³-hybridized carbons (Fsp3) is 0.333. The van der Waals surface area contributed by atoms with Gasteiger partial charge in [-0.2, -0.15) is 5.26 Å². The molecule has 0 bridgehead atoms. The van der Waals surface area contributed by atoms with Crippen molar-refractivity contribution in [2.24, 2.45) is 0 Å². The van der Waals surface area contributed by atoms with E-state index in [0.717, 1.165) is 43.3 Å². The number of carbonyl (C=O) groups is 1. The highest BCUT2D eigenvalue weighted by Gasteiger charge is 2.21. The smallest absolute Gasteiger partial charge is 0.224 e. The Bertz CT molecular complexity index is 806. The van der Waals surface area contributed by atoms with Gasteiger partial charge in [0.05, 0.1) is 18.4 Å². The molecule has 140 valence electrons. The summed E-state index contributed by atoms with van der Waals surface area (Å²) >= 11 is 0. The summed E-state index contributed by atoms with van der Waals surface area (Å²) in [5.41, 5.74) is 2.52. The molecule has 2 aromatic rings. The van der Waals surface area contributed by atoms with Crippen molar-refractivity contribution < 1.29 is 9.53 Å². The summed E-state index contributed by atoms with van der Waals surface area (Å²) in [6.45, 7) is 3.61. The van der Waals surface area contributed by atoms with Crippen LogP contribution in [0, 0.1) is 11.3 Å². The number of anilines is 2. The first-order valence-electron chi connectivity index (χ1n) is 9.11. The SMILES string of the molecule is COc1ccc(N2CCN(C(=O)CCNc3ccccc3C#N)CC2)cc1. The number of carbonyl (C=O) groups excluding carboxylic acids is 1. The lowest BCUT2D eigenvalue weighted by Gasteiger charge is -2.36. The Labute approximate surface area is 160 Å². The van der Waals surface area contributed by atoms with E-state index < -0.39 is 0 Å². The maximum atomic E-state index is 12.5. The van der Waals surface area contributed by atoms with E-state index in [1.165, 1.54) is 0 Å². The van der Waals surface area contributed by atoms with Crippen molar-refractivity contribution in [1.82, 2.24) is 4.90 Å². The van der Waals surface area contributed by atoms with Crippen molar-refractivity contribution >= 4 is 17.3 Å². The summed E-state index contributed by atoms with van der Waals surface area (Å²) in [5, 5.41) is 12.3. The Balaban J connectivity index is 1.45. The molecule has 6 nitrogen and oxygen atoms in total. The quantitative estimate of drug-likeness (QED) is 0.854. The van der Waals surface area contributed by atoms with Crippen LogP contribution >= 0.6 is 0 Å². The molecule has 1 aliphatic rings. The predicted octanol–water partition coefficient (Wildman–Crippen LogP) is 2.72. The van der Waals surface area contributed by atoms with Gasteiger partial charge in [0.15, 0.2) is 0 Å². The Hall–Kier alpha value is -3.20. The minimum Gasteiger partial charge on any atom is -0.497 e. The van der Waals surface area contributed by atoms with E-state index in [4.69, 9.17) is 10.00 Å². The van der Waals surface area contributed by atoms with Gasteiger partial charge in [-0.3, -0.25) is 4.79 Å². The Morgan fingerprint density at radius 3 is 2.48 bits per heavy atom. The van der Waals surface area contributed by atoms with Crippen LogP contribution in [-0.2, 0) is 4.79 Å². The van der Waals surface area contributed by atoms with Crippen LogP contribution in [0.3, 0.4) is 0 Å². The third-order valence-corrected chi connectivity index (χ3v) is 4.77. The molecule has 6 heteroatoms. The molecule has 0 atom stereocenters. The second-order valence-corrected chi connectivity index (χ2v) is 6.40. The fourth-order valence-corrected chi connectivity index (χ4v) is 3.20. The van der Waals surface area contributed by atoms with Gasteiger partial charge in [0.2, 0.25) is 5.91 Å². The van der Waals surface area contributed by atoms with Gasteiger partial charge < -0.3 is 19.9 Å². The number of para-hydroxylation sites is 1. The number of rotatable bonds is 6. The lowest BCUT2D eigenvalue weighted by molar-refractivity contribution is -0.131. The van der Waals surface area contributed by atoms with Crippen LogP contribution in [0.15, 0.2) is 48.5 Å². The largest absolute Gasteiger partial charge is 0.497 e. The summed E-state index contributed by atoms with van der Waals surface area (Å²) < 4.78 is 5.19. The van der Waals surface area contributed by atoms with E-state index in [1.54, 1.807) is 13.2 Å². The summed E-state index contributed by atoms with van der Waals surface area (Å²) in [5.74, 6) is 0.990. The normalized spacial score (nSPS) is 13.8. The second-order valence-electron chi connectivity index (χ2n) is 6.40. The molecule has 0 unspecified atom stereocenters. The fourth-order valence-electron chi connectivity index (χ4n) is 3.20. The lowest BCUT2D eigenvalue weighted by atomic mass is 10.2. The summed E-state index contributed by atoms with van der Waals surface area (Å²) in [6.07, 6.45) is 0.419. The topological polar surface area (TPSA) is 68.6 Å². The van der Waals surface area contributed by atoms with Crippen molar-refractivity contribution in [2.45, 2.75) is 6.42 Å². The average molecular weight is 364 g/mol. The van der Waals surface area contributed by atoms with E-state index in [0.29, 0.717) is 18.5 Å². The molecule has 27 heavy (non-hydrogen) atoms. The van der Waals surface area contributed by atoms with Crippen molar-refractivity contribution in [3.63, 3.8) is 0 Å². The molecule has 1 N–H and O–H groups in total. The van der Waals surface area contributed by atoms with E-state index in [2.05, 4.69) is 16.3 Å². The molecular weight excluding hydrogens is 340 g/mol. The van der Waals surface area contributed by atoms with Gasteiger partial charge in [-0.05, 0) is 36.4 Å². The number of nitrogens with one attached hydrogen (secondary N) is 1. The van der Waals surface area contributed by atoms with Gasteiger partial charge in [-0.15, -0.1) is 0 Å². The van der Waals surface area contributed by atoms with Gasteiger partial charge in [0.25, 0.3) is 0 Å². The average Bonchev–Trinajstić information content (AvgIpc) is 2.74. The van der Waals surface area contributed by atoms with Crippen LogP contribution in [0.25, 0.3) is 0 Å². The predicted molar refractivity (Wildman–Crippen MR) is 106 cm³/mol. The van der Waals surface area contributed by atoms with Crippen molar-refractivity contribution in [1.29, 1.82) is 5.26 Å². The number of piperazine rings is 1. The van der Waals surface area contributed by atoms with Crippen LogP contribution in [0.1, 0.15) is 12.0 Å². The molecule has 1 aliphatic heterocycles. The van der Waals surface area contributed by atoms with Crippen LogP contribution in [-0.4, -0.2) is 50.6 Å². The number of ether oxygens (including phenoxy) is 1. The monoisotopic (exact) mass is 364 g/mol. The second kappa shape index (κ2) is 8.95. The lowest BCUT2D eigenvalue weighted by Crippen LogP contribution is -2.49. The number of hydrogen-bond acceptors (Lipinski definition) is 5. The number of benzene rings is 2. The van der Waals surface area contributed by atoms with Gasteiger partial charge in [-0.1, -0.05) is 12.1 Å². The van der Waals surface area contributed by atoms with Gasteiger partial charge in [0.1, 0.15) is 11.8 Å². The van der Waals surface area contributed by atoms with E-state index >= 15 is 0 Å². The molecule has 0 aromatic heterocycles. The molecule has 1 amide bonds. The molecule has 1 heterocycles. The number of methoxy groups -OCH3 is 1. The third-order valence-electron chi connectivity index (χ3n) is 4.77. The molecule has 0 aliphatic carbocycles. The molecule has 1 fully saturated rings. The maximum Gasteiger partial charge on any atom is 0.224 e. The molecule has 0 saturated carbocycles. The first-order chi connectivity index (χ1) is 13.2. The van der Waals surface area contributed by atoms with Crippen molar-refractivity contribution in [3.8, 4) is 11.8 Å². The van der Waals surface area contributed by atoms with Crippen molar-refractivity contribution in [2.75, 3.05) is 50.1 Å². The number of hydrogen-bond donors (Lipinski definition) is 1. The first kappa shape index (κ1) is 18.6. The van der Waals surface area contributed by atoms with E-state index in [-0.39, 0.29) is 5.91 Å². The minimum absolute atomic E-state index is 0.145. The molecule has 1 saturated heterocycles. The Kier molecular flexibility index (Phi) is 6.16. The van der Waals surface area contributed by atoms with Crippen LogP contribution < -0.4 is 15.0 Å². The number of nitrogens with zero attached hydrogens (tertiary/aromatic N) is 3. The zero-order valence-electron chi connectivity index (χ0n) is 15.5. The molecular formula is C21H24N4O2. The molecule has 3 rings (SSSR count). The van der Waals surface area contributed by atoms with E-state index in [9.17, 15) is 4.79 Å². The first-order valence-corrected chi connectivity index (χ1v) is 9.11. The van der Waals surface area contributed by atoms with Crippen molar-refractivity contribution in [3.05, 3.63) is 54.1 Å². The minimum atomic E-state index is 0.145. The maximum absolute atomic E-state index is 12.5. The highest BCUT2D eigenvalue weighted by Crippen LogP contribution is 2.20. The molecule has 0 radical (unpaired) electrons. The summed E-state index contributed by atoms with van der Waals surface area (Å²) in [7, 11) is 1.66. The van der Waals surface area contributed by atoms with Gasteiger partial charge in [-0.25, -0.2) is 0 Å². The van der Waals surface area contributed by atoms with Gasteiger partial charge in [0, 0.05) is 44.8 Å². The number of nitriles is 1. The highest BCUT2D eigenvalue weighted by atomic mass is 16.5. The molecule has 0 spiro atoms. The zero-order chi connectivity index (χ0) is 19.1. The van der Waals surface area contributed by atoms with Crippen LogP contribution in [0.2, 0.25) is 0 Å². The van der Waals surface area contributed by atoms with Gasteiger partial charge >= 0.3 is 0 Å². The Morgan fingerprint density at radius 2 is 1.81 bits per heavy atom. The van der Waals surface area contributed by atoms with E-state index in [1.807, 2.05) is 47.4 Å². The zero-order valence-corrected chi connectivity index (χ0v) is 15.5. The number of amides is 1.